The van der Waals surface area contributed by atoms with Gasteiger partial charge in [0.15, 0.2) is 0 Å². The van der Waals surface area contributed by atoms with E-state index in [-0.39, 0.29) is 12.1 Å². The Morgan fingerprint density at radius 2 is 2.14 bits per heavy atom. The maximum atomic E-state index is 12.4. The van der Waals surface area contributed by atoms with E-state index in [1.54, 1.807) is 0 Å². The molecule has 0 spiro atoms. The van der Waals surface area contributed by atoms with Crippen LogP contribution < -0.4 is 5.73 Å². The minimum Gasteiger partial charge on any atom is -0.387 e. The fraction of sp³-hybridized carbons (Fsp3) is 0.375. The molecule has 78 valence electrons. The summed E-state index contributed by atoms with van der Waals surface area (Å²) in [5.74, 6) is 0. The normalized spacial score (nSPS) is 14.1. The van der Waals surface area contributed by atoms with E-state index in [4.69, 9.17) is 5.73 Å². The van der Waals surface area contributed by atoms with Crippen LogP contribution in [-0.2, 0) is 6.18 Å². The van der Waals surface area contributed by atoms with E-state index in [1.807, 2.05) is 0 Å². The molecule has 3 nitrogen and oxygen atoms in total. The second kappa shape index (κ2) is 3.93. The molecule has 0 aliphatic rings. The third-order valence-corrected chi connectivity index (χ3v) is 1.74. The Bertz CT molecular complexity index is 314. The molecule has 1 rings (SSSR count). The average Bonchev–Trinajstić information content (AvgIpc) is 2.15. The summed E-state index contributed by atoms with van der Waals surface area (Å²) in [6.45, 7) is -0.257. The van der Waals surface area contributed by atoms with Gasteiger partial charge in [0.1, 0.15) is 0 Å². The standard InChI is InChI=1S/C8H9F3N2O/c9-8(10,11)6-4-13-2-1-5(6)7(14)3-12/h1-2,4,7,14H,3,12H2/t7-/m0/s1. The van der Waals surface area contributed by atoms with E-state index in [1.165, 1.54) is 6.20 Å². The van der Waals surface area contributed by atoms with Crippen molar-refractivity contribution in [2.45, 2.75) is 12.3 Å². The van der Waals surface area contributed by atoms with Gasteiger partial charge >= 0.3 is 6.18 Å². The summed E-state index contributed by atoms with van der Waals surface area (Å²) in [6, 6.07) is 1.11. The Balaban J connectivity index is 3.16. The number of aliphatic hydroxyl groups is 1. The molecule has 1 aromatic heterocycles. The number of nitrogens with zero attached hydrogens (tertiary/aromatic N) is 1. The highest BCUT2D eigenvalue weighted by Crippen LogP contribution is 2.33. The van der Waals surface area contributed by atoms with Crippen LogP contribution in [0.15, 0.2) is 18.5 Å². The Hall–Kier alpha value is -1.14. The molecule has 0 fully saturated rings. The molecular weight excluding hydrogens is 197 g/mol. The van der Waals surface area contributed by atoms with Crippen LogP contribution in [0, 0.1) is 0 Å². The van der Waals surface area contributed by atoms with Crippen molar-refractivity contribution < 1.29 is 18.3 Å². The molecule has 0 aliphatic heterocycles. The molecule has 1 atom stereocenters. The van der Waals surface area contributed by atoms with E-state index in [0.29, 0.717) is 6.20 Å². The van der Waals surface area contributed by atoms with Gasteiger partial charge in [-0.15, -0.1) is 0 Å². The topological polar surface area (TPSA) is 59.1 Å². The Morgan fingerprint density at radius 1 is 1.50 bits per heavy atom. The van der Waals surface area contributed by atoms with Gasteiger partial charge in [-0.2, -0.15) is 13.2 Å². The highest BCUT2D eigenvalue weighted by atomic mass is 19.4. The molecule has 0 unspecified atom stereocenters. The van der Waals surface area contributed by atoms with E-state index in [2.05, 4.69) is 4.98 Å². The van der Waals surface area contributed by atoms with Crippen molar-refractivity contribution in [2.75, 3.05) is 6.54 Å². The molecule has 6 heteroatoms. The van der Waals surface area contributed by atoms with Crippen LogP contribution in [0.4, 0.5) is 13.2 Å². The quantitative estimate of drug-likeness (QED) is 0.761. The summed E-state index contributed by atoms with van der Waals surface area (Å²) in [4.78, 5) is 3.36. The van der Waals surface area contributed by atoms with Gasteiger partial charge in [-0.05, 0) is 11.6 Å². The molecule has 0 aromatic carbocycles. The first-order chi connectivity index (χ1) is 6.46. The van der Waals surface area contributed by atoms with Gasteiger partial charge in [0, 0.05) is 18.9 Å². The number of nitrogens with two attached hydrogens (primary N) is 1. The highest BCUT2D eigenvalue weighted by molar-refractivity contribution is 5.28. The Morgan fingerprint density at radius 3 is 2.64 bits per heavy atom. The number of aromatic nitrogens is 1. The van der Waals surface area contributed by atoms with E-state index in [9.17, 15) is 18.3 Å². The summed E-state index contributed by atoms with van der Waals surface area (Å²) in [7, 11) is 0. The van der Waals surface area contributed by atoms with Crippen LogP contribution in [0.1, 0.15) is 17.2 Å². The predicted octanol–water partition coefficient (Wildman–Crippen LogP) is 1.09. The van der Waals surface area contributed by atoms with Crippen molar-refractivity contribution in [3.63, 3.8) is 0 Å². The Labute approximate surface area is 78.4 Å². The molecular formula is C8H9F3N2O. The number of aliphatic hydroxyl groups excluding tert-OH is 1. The van der Waals surface area contributed by atoms with Gasteiger partial charge in [-0.1, -0.05) is 0 Å². The second-order valence-electron chi connectivity index (χ2n) is 2.71. The van der Waals surface area contributed by atoms with Crippen molar-refractivity contribution in [2.24, 2.45) is 5.73 Å². The predicted molar refractivity (Wildman–Crippen MR) is 43.3 cm³/mol. The zero-order valence-electron chi connectivity index (χ0n) is 7.12. The van der Waals surface area contributed by atoms with E-state index >= 15 is 0 Å². The molecule has 14 heavy (non-hydrogen) atoms. The number of halogens is 3. The molecule has 0 bridgehead atoms. The first kappa shape index (κ1) is 10.9. The van der Waals surface area contributed by atoms with Crippen LogP contribution in [0.5, 0.6) is 0 Å². The van der Waals surface area contributed by atoms with E-state index in [0.717, 1.165) is 6.07 Å². The van der Waals surface area contributed by atoms with E-state index < -0.39 is 17.8 Å². The maximum absolute atomic E-state index is 12.4. The van der Waals surface area contributed by atoms with Crippen molar-refractivity contribution in [1.82, 2.24) is 4.98 Å². The van der Waals surface area contributed by atoms with Gasteiger partial charge in [0.2, 0.25) is 0 Å². The average molecular weight is 206 g/mol. The molecule has 0 amide bonds. The zero-order chi connectivity index (χ0) is 10.8. The third kappa shape index (κ3) is 2.21. The smallest absolute Gasteiger partial charge is 0.387 e. The fourth-order valence-electron chi connectivity index (χ4n) is 1.06. The Kier molecular flexibility index (Phi) is 3.07. The number of hydrogen-bond acceptors (Lipinski definition) is 3. The van der Waals surface area contributed by atoms with Gasteiger partial charge in [0.05, 0.1) is 11.7 Å². The minimum absolute atomic E-state index is 0.241. The fourth-order valence-corrected chi connectivity index (χ4v) is 1.06. The minimum atomic E-state index is -4.51. The highest BCUT2D eigenvalue weighted by Gasteiger charge is 2.34. The van der Waals surface area contributed by atoms with Crippen molar-refractivity contribution in [1.29, 1.82) is 0 Å². The summed E-state index contributed by atoms with van der Waals surface area (Å²) in [6.07, 6.45) is -3.97. The lowest BCUT2D eigenvalue weighted by molar-refractivity contribution is -0.139. The molecule has 1 heterocycles. The molecule has 0 saturated heterocycles. The van der Waals surface area contributed by atoms with Gasteiger partial charge < -0.3 is 10.8 Å². The summed E-state index contributed by atoms with van der Waals surface area (Å²) < 4.78 is 37.1. The first-order valence-electron chi connectivity index (χ1n) is 3.86. The zero-order valence-corrected chi connectivity index (χ0v) is 7.12. The third-order valence-electron chi connectivity index (χ3n) is 1.74. The summed E-state index contributed by atoms with van der Waals surface area (Å²) in [5.41, 5.74) is 3.89. The van der Waals surface area contributed by atoms with Crippen LogP contribution in [0.3, 0.4) is 0 Å². The molecule has 0 radical (unpaired) electrons. The van der Waals surface area contributed by atoms with Crippen LogP contribution in [0.2, 0.25) is 0 Å². The molecule has 3 N–H and O–H groups in total. The SMILES string of the molecule is NC[C@H](O)c1ccncc1C(F)(F)F. The summed E-state index contributed by atoms with van der Waals surface area (Å²) in [5, 5.41) is 9.22. The monoisotopic (exact) mass is 206 g/mol. The lowest BCUT2D eigenvalue weighted by atomic mass is 10.0. The number of pyridine rings is 1. The van der Waals surface area contributed by atoms with Crippen LogP contribution in [0.25, 0.3) is 0 Å². The lowest BCUT2D eigenvalue weighted by Crippen LogP contribution is -2.17. The number of hydrogen-bond donors (Lipinski definition) is 2. The molecule has 0 saturated carbocycles. The van der Waals surface area contributed by atoms with Crippen molar-refractivity contribution in [3.05, 3.63) is 29.6 Å². The summed E-state index contributed by atoms with van der Waals surface area (Å²) >= 11 is 0. The lowest BCUT2D eigenvalue weighted by Gasteiger charge is -2.15. The van der Waals surface area contributed by atoms with Gasteiger partial charge in [0.25, 0.3) is 0 Å². The van der Waals surface area contributed by atoms with Gasteiger partial charge in [-0.25, -0.2) is 0 Å². The first-order valence-corrected chi connectivity index (χ1v) is 3.86. The number of alkyl halides is 3. The van der Waals surface area contributed by atoms with Gasteiger partial charge in [-0.3, -0.25) is 4.98 Å². The molecule has 0 aliphatic carbocycles. The van der Waals surface area contributed by atoms with Crippen LogP contribution >= 0.6 is 0 Å². The number of rotatable bonds is 2. The maximum Gasteiger partial charge on any atom is 0.418 e. The largest absolute Gasteiger partial charge is 0.418 e. The molecule has 1 aromatic rings. The van der Waals surface area contributed by atoms with Crippen molar-refractivity contribution >= 4 is 0 Å². The van der Waals surface area contributed by atoms with Crippen molar-refractivity contribution in [3.8, 4) is 0 Å². The van der Waals surface area contributed by atoms with Crippen LogP contribution in [-0.4, -0.2) is 16.6 Å². The second-order valence-corrected chi connectivity index (χ2v) is 2.71.